The molecule has 1 aromatic rings. The van der Waals surface area contributed by atoms with Gasteiger partial charge in [0.1, 0.15) is 4.21 Å². The summed E-state index contributed by atoms with van der Waals surface area (Å²) in [5, 5.41) is 0. The van der Waals surface area contributed by atoms with Gasteiger partial charge in [-0.1, -0.05) is 12.8 Å². The average Bonchev–Trinajstić information content (AvgIpc) is 3.06. The van der Waals surface area contributed by atoms with Gasteiger partial charge >= 0.3 is 0 Å². The molecule has 0 aromatic carbocycles. The van der Waals surface area contributed by atoms with Crippen molar-refractivity contribution in [1.82, 2.24) is 9.62 Å². The van der Waals surface area contributed by atoms with E-state index in [2.05, 4.69) is 9.62 Å². The first-order valence-corrected chi connectivity index (χ1v) is 9.15. The fourth-order valence-electron chi connectivity index (χ4n) is 2.73. The van der Waals surface area contributed by atoms with Gasteiger partial charge in [0.2, 0.25) is 10.0 Å². The van der Waals surface area contributed by atoms with Gasteiger partial charge < -0.3 is 10.6 Å². The Labute approximate surface area is 125 Å². The van der Waals surface area contributed by atoms with Crippen molar-refractivity contribution in [1.29, 1.82) is 0 Å². The van der Waals surface area contributed by atoms with E-state index in [1.807, 2.05) is 14.1 Å². The summed E-state index contributed by atoms with van der Waals surface area (Å²) >= 11 is 1.24. The molecule has 0 amide bonds. The number of thiophene rings is 1. The molecule has 0 atom stereocenters. The van der Waals surface area contributed by atoms with E-state index in [0.717, 1.165) is 30.6 Å². The van der Waals surface area contributed by atoms with Gasteiger partial charge in [-0.05, 0) is 39.1 Å². The highest BCUT2D eigenvalue weighted by Gasteiger charge is 2.37. The molecular weight excluding hydrogens is 294 g/mol. The lowest BCUT2D eigenvalue weighted by atomic mass is 9.97. The van der Waals surface area contributed by atoms with E-state index in [9.17, 15) is 8.42 Å². The van der Waals surface area contributed by atoms with Crippen molar-refractivity contribution >= 4 is 21.4 Å². The van der Waals surface area contributed by atoms with Crippen LogP contribution < -0.4 is 10.5 Å². The zero-order valence-corrected chi connectivity index (χ0v) is 13.7. The molecule has 1 aliphatic rings. The van der Waals surface area contributed by atoms with Crippen LogP contribution in [-0.4, -0.2) is 39.5 Å². The van der Waals surface area contributed by atoms with Gasteiger partial charge in [-0.25, -0.2) is 13.1 Å². The lowest BCUT2D eigenvalue weighted by Gasteiger charge is -2.36. The second-order valence-electron chi connectivity index (χ2n) is 5.58. The molecule has 5 nitrogen and oxygen atoms in total. The monoisotopic (exact) mass is 317 g/mol. The van der Waals surface area contributed by atoms with Gasteiger partial charge in [-0.15, -0.1) is 11.3 Å². The Kier molecular flexibility index (Phi) is 4.86. The molecule has 1 aliphatic carbocycles. The number of nitrogens with one attached hydrogen (secondary N) is 1. The molecule has 0 bridgehead atoms. The summed E-state index contributed by atoms with van der Waals surface area (Å²) < 4.78 is 27.8. The Balaban J connectivity index is 2.08. The average molecular weight is 317 g/mol. The summed E-state index contributed by atoms with van der Waals surface area (Å²) in [5.41, 5.74) is 5.49. The number of hydrogen-bond donors (Lipinski definition) is 2. The molecule has 0 saturated heterocycles. The Morgan fingerprint density at radius 3 is 2.50 bits per heavy atom. The highest BCUT2D eigenvalue weighted by Crippen LogP contribution is 2.33. The predicted octanol–water partition coefficient (Wildman–Crippen LogP) is 1.36. The van der Waals surface area contributed by atoms with Crippen LogP contribution in [0.1, 0.15) is 30.6 Å². The molecule has 1 heterocycles. The minimum atomic E-state index is -3.42. The van der Waals surface area contributed by atoms with Gasteiger partial charge in [0, 0.05) is 23.5 Å². The van der Waals surface area contributed by atoms with Crippen molar-refractivity contribution in [3.05, 3.63) is 17.0 Å². The Morgan fingerprint density at radius 1 is 1.35 bits per heavy atom. The second kappa shape index (κ2) is 6.11. The van der Waals surface area contributed by atoms with Crippen LogP contribution in [0.5, 0.6) is 0 Å². The maximum Gasteiger partial charge on any atom is 0.250 e. The van der Waals surface area contributed by atoms with Gasteiger partial charge in [0.05, 0.1) is 0 Å². The van der Waals surface area contributed by atoms with Gasteiger partial charge in [-0.2, -0.15) is 0 Å². The third-order valence-electron chi connectivity index (χ3n) is 4.18. The van der Waals surface area contributed by atoms with Crippen LogP contribution in [0.4, 0.5) is 0 Å². The Hall–Kier alpha value is -0.470. The van der Waals surface area contributed by atoms with Gasteiger partial charge in [0.15, 0.2) is 0 Å². The van der Waals surface area contributed by atoms with Crippen LogP contribution in [0, 0.1) is 0 Å². The summed E-state index contributed by atoms with van der Waals surface area (Å²) in [6.45, 7) is 0.847. The number of hydrogen-bond acceptors (Lipinski definition) is 5. The van der Waals surface area contributed by atoms with Crippen LogP contribution in [0.15, 0.2) is 16.3 Å². The first kappa shape index (κ1) is 15.9. The van der Waals surface area contributed by atoms with Crippen molar-refractivity contribution < 1.29 is 8.42 Å². The summed E-state index contributed by atoms with van der Waals surface area (Å²) in [6, 6.07) is 3.41. The summed E-state index contributed by atoms with van der Waals surface area (Å²) in [4.78, 5) is 3.04. The largest absolute Gasteiger partial charge is 0.326 e. The number of likely N-dealkylation sites (N-methyl/N-ethyl adjacent to an activating group) is 1. The minimum absolute atomic E-state index is 0.0406. The van der Waals surface area contributed by atoms with E-state index in [0.29, 0.717) is 17.3 Å². The van der Waals surface area contributed by atoms with Crippen molar-refractivity contribution in [2.45, 2.75) is 42.0 Å². The zero-order chi connectivity index (χ0) is 14.8. The fraction of sp³-hybridized carbons (Fsp3) is 0.692. The number of nitrogens with two attached hydrogens (primary N) is 1. The maximum atomic E-state index is 12.3. The molecule has 0 unspecified atom stereocenters. The fourth-order valence-corrected chi connectivity index (χ4v) is 5.13. The van der Waals surface area contributed by atoms with E-state index in [-0.39, 0.29) is 5.54 Å². The zero-order valence-electron chi connectivity index (χ0n) is 12.1. The predicted molar refractivity (Wildman–Crippen MR) is 82.3 cm³/mol. The molecule has 7 heteroatoms. The third kappa shape index (κ3) is 3.23. The topological polar surface area (TPSA) is 75.4 Å². The SMILES string of the molecule is CN(C)C1(CNS(=O)(=O)c2ccc(CN)s2)CCCC1. The summed E-state index contributed by atoms with van der Waals surface area (Å²) in [7, 11) is 0.628. The lowest BCUT2D eigenvalue weighted by molar-refractivity contribution is 0.162. The lowest BCUT2D eigenvalue weighted by Crippen LogP contribution is -2.50. The third-order valence-corrected chi connectivity index (χ3v) is 7.18. The molecule has 0 spiro atoms. The van der Waals surface area contributed by atoms with Crippen molar-refractivity contribution in [2.75, 3.05) is 20.6 Å². The Morgan fingerprint density at radius 2 is 2.00 bits per heavy atom. The van der Waals surface area contributed by atoms with E-state index in [4.69, 9.17) is 5.73 Å². The molecule has 1 saturated carbocycles. The van der Waals surface area contributed by atoms with E-state index in [1.54, 1.807) is 12.1 Å². The minimum Gasteiger partial charge on any atom is -0.326 e. The molecule has 3 N–H and O–H groups in total. The molecule has 0 radical (unpaired) electrons. The van der Waals surface area contributed by atoms with E-state index in [1.165, 1.54) is 11.3 Å². The molecule has 20 heavy (non-hydrogen) atoms. The van der Waals surface area contributed by atoms with Crippen LogP contribution in [0.25, 0.3) is 0 Å². The Bertz CT molecular complexity index is 546. The summed E-state index contributed by atoms with van der Waals surface area (Å²) in [5.74, 6) is 0. The summed E-state index contributed by atoms with van der Waals surface area (Å²) in [6.07, 6.45) is 4.41. The highest BCUT2D eigenvalue weighted by atomic mass is 32.2. The highest BCUT2D eigenvalue weighted by molar-refractivity contribution is 7.91. The van der Waals surface area contributed by atoms with Crippen LogP contribution in [0.2, 0.25) is 0 Å². The van der Waals surface area contributed by atoms with Gasteiger partial charge in [0.25, 0.3) is 0 Å². The molecule has 0 aliphatic heterocycles. The van der Waals surface area contributed by atoms with E-state index >= 15 is 0 Å². The van der Waals surface area contributed by atoms with E-state index < -0.39 is 10.0 Å². The number of sulfonamides is 1. The molecule has 1 fully saturated rings. The van der Waals surface area contributed by atoms with Crippen molar-refractivity contribution in [3.63, 3.8) is 0 Å². The quantitative estimate of drug-likeness (QED) is 0.831. The first-order chi connectivity index (χ1) is 9.39. The van der Waals surface area contributed by atoms with Crippen LogP contribution in [0.3, 0.4) is 0 Å². The molecule has 114 valence electrons. The standard InChI is InChI=1S/C13H23N3O2S2/c1-16(2)13(7-3-4-8-13)10-15-20(17,18)12-6-5-11(9-14)19-12/h5-6,15H,3-4,7-10,14H2,1-2H3. The molecular formula is C13H23N3O2S2. The van der Waals surface area contributed by atoms with Crippen LogP contribution in [-0.2, 0) is 16.6 Å². The van der Waals surface area contributed by atoms with Crippen molar-refractivity contribution in [3.8, 4) is 0 Å². The smallest absolute Gasteiger partial charge is 0.250 e. The normalized spacial score (nSPS) is 18.8. The molecule has 1 aromatic heterocycles. The maximum absolute atomic E-state index is 12.3. The first-order valence-electron chi connectivity index (χ1n) is 6.85. The second-order valence-corrected chi connectivity index (χ2v) is 8.74. The van der Waals surface area contributed by atoms with Gasteiger partial charge in [-0.3, -0.25) is 0 Å². The van der Waals surface area contributed by atoms with Crippen LogP contribution >= 0.6 is 11.3 Å². The number of nitrogens with zero attached hydrogens (tertiary/aromatic N) is 1. The van der Waals surface area contributed by atoms with Crippen molar-refractivity contribution in [2.24, 2.45) is 5.73 Å². The molecule has 2 rings (SSSR count). The number of rotatable bonds is 6.